The molecule has 0 bridgehead atoms. The van der Waals surface area contributed by atoms with Crippen LogP contribution in [0, 0.1) is 6.57 Å². The van der Waals surface area contributed by atoms with Crippen molar-refractivity contribution >= 4 is 17.6 Å². The van der Waals surface area contributed by atoms with Gasteiger partial charge in [0.1, 0.15) is 0 Å². The van der Waals surface area contributed by atoms with Crippen LogP contribution in [0.2, 0.25) is 5.02 Å². The van der Waals surface area contributed by atoms with Crippen LogP contribution in [0.25, 0.3) is 0 Å². The van der Waals surface area contributed by atoms with Crippen LogP contribution in [0.3, 0.4) is 0 Å². The number of hydrogen-bond acceptors (Lipinski definition) is 1. The summed E-state index contributed by atoms with van der Waals surface area (Å²) in [6, 6.07) is 6.33. The topological polar surface area (TPSA) is 61.1 Å². The van der Waals surface area contributed by atoms with Crippen molar-refractivity contribution in [2.45, 2.75) is 0 Å². The monoisotopic (exact) mass is 183 g/mol. The second-order valence-electron chi connectivity index (χ2n) is 1.78. The van der Waals surface area contributed by atoms with E-state index < -0.39 is 5.97 Å². The minimum Gasteiger partial charge on any atom is -0.478 e. The lowest BCUT2D eigenvalue weighted by Crippen LogP contribution is -2.10. The standard InChI is InChI=1S/C7H5ClO2.CHN/c8-6-4-2-1-3-5(6)7(9)10;1-2/h1-4H,(H,9,10);2H. The molecule has 0 saturated heterocycles. The van der Waals surface area contributed by atoms with E-state index in [1.54, 1.807) is 18.2 Å². The Bertz CT molecular complexity index is 296. The molecule has 4 heteroatoms. The quantitative estimate of drug-likeness (QED) is 0.619. The molecule has 0 aromatic heterocycles. The minimum absolute atomic E-state index is 0.143. The fourth-order valence-corrected chi connectivity index (χ4v) is 0.851. The zero-order valence-corrected chi connectivity index (χ0v) is 6.80. The third-order valence-corrected chi connectivity index (χ3v) is 1.43. The molecule has 1 rings (SSSR count). The molecule has 2 N–H and O–H groups in total. The van der Waals surface area contributed by atoms with Gasteiger partial charge in [-0.25, -0.2) is 11.4 Å². The molecule has 0 unspecified atom stereocenters. The summed E-state index contributed by atoms with van der Waals surface area (Å²) in [5.41, 5.74) is 0.143. The van der Waals surface area contributed by atoms with E-state index in [0.717, 1.165) is 0 Å². The molecule has 62 valence electrons. The number of rotatable bonds is 1. The molecule has 1 aromatic carbocycles. The van der Waals surface area contributed by atoms with Gasteiger partial charge in [0, 0.05) is 0 Å². The van der Waals surface area contributed by atoms with Gasteiger partial charge in [-0.3, -0.25) is 0 Å². The van der Waals surface area contributed by atoms with Gasteiger partial charge in [-0.2, -0.15) is 0 Å². The number of nitrogens with one attached hydrogen (secondary N) is 1. The number of carboxylic acid groups (broad SMARTS) is 1. The zero-order chi connectivity index (χ0) is 9.56. The molecular weight excluding hydrogens is 178 g/mol. The zero-order valence-electron chi connectivity index (χ0n) is 6.04. The Kier molecular flexibility index (Phi) is 4.51. The van der Waals surface area contributed by atoms with E-state index in [0.29, 0.717) is 0 Å². The van der Waals surface area contributed by atoms with E-state index in [1.807, 2.05) is 0 Å². The van der Waals surface area contributed by atoms with E-state index in [1.165, 1.54) is 6.07 Å². The maximum absolute atomic E-state index is 10.3. The first-order valence-corrected chi connectivity index (χ1v) is 3.32. The second-order valence-corrected chi connectivity index (χ2v) is 2.19. The van der Waals surface area contributed by atoms with Gasteiger partial charge in [0.2, 0.25) is 0 Å². The fraction of sp³-hybridized carbons (Fsp3) is 0. The molecule has 12 heavy (non-hydrogen) atoms. The molecule has 0 aliphatic heterocycles. The van der Waals surface area contributed by atoms with Crippen molar-refractivity contribution < 1.29 is 15.2 Å². The molecule has 0 fully saturated rings. The molecule has 0 amide bonds. The highest BCUT2D eigenvalue weighted by atomic mass is 35.5. The predicted molar refractivity (Wildman–Crippen MR) is 42.6 cm³/mol. The van der Waals surface area contributed by atoms with Gasteiger partial charge in [-0.05, 0) is 12.1 Å². The van der Waals surface area contributed by atoms with Crippen molar-refractivity contribution in [2.24, 2.45) is 0 Å². The van der Waals surface area contributed by atoms with Crippen molar-refractivity contribution in [3.63, 3.8) is 0 Å². The summed E-state index contributed by atoms with van der Waals surface area (Å²) in [6.07, 6.45) is 0. The Morgan fingerprint density at radius 3 is 2.25 bits per heavy atom. The number of halogens is 1. The third kappa shape index (κ3) is 2.60. The normalized spacial score (nSPS) is 7.92. The molecule has 0 aliphatic rings. The third-order valence-electron chi connectivity index (χ3n) is 1.10. The van der Waals surface area contributed by atoms with Crippen LogP contribution in [0.1, 0.15) is 10.4 Å². The number of aromatic carboxylic acids is 1. The Labute approximate surface area is 74.8 Å². The first kappa shape index (κ1) is 10.5. The van der Waals surface area contributed by atoms with Crippen molar-refractivity contribution in [3.8, 4) is 0 Å². The summed E-state index contributed by atoms with van der Waals surface area (Å²) in [4.78, 5) is 10.3. The van der Waals surface area contributed by atoms with Crippen LogP contribution < -0.4 is 5.26 Å². The summed E-state index contributed by atoms with van der Waals surface area (Å²) >= 11 is 5.54. The summed E-state index contributed by atoms with van der Waals surface area (Å²) in [5, 5.41) is 13.8. The molecular formula is C8H6ClNO2. The van der Waals surface area contributed by atoms with Crippen LogP contribution in [0.4, 0.5) is 0 Å². The highest BCUT2D eigenvalue weighted by Gasteiger charge is 2.04. The van der Waals surface area contributed by atoms with Crippen LogP contribution in [-0.4, -0.2) is 11.1 Å². The van der Waals surface area contributed by atoms with Crippen molar-refractivity contribution in [1.82, 2.24) is 0 Å². The lowest BCUT2D eigenvalue weighted by Gasteiger charge is -1.94. The average molecular weight is 184 g/mol. The highest BCUT2D eigenvalue weighted by Crippen LogP contribution is 2.13. The van der Waals surface area contributed by atoms with Crippen LogP contribution in [-0.2, 0) is 0 Å². The van der Waals surface area contributed by atoms with Crippen LogP contribution in [0.15, 0.2) is 24.3 Å². The Hall–Kier alpha value is -1.53. The number of hydrogen-bond donors (Lipinski definition) is 2. The van der Waals surface area contributed by atoms with Gasteiger partial charge in [0.25, 0.3) is 0 Å². The summed E-state index contributed by atoms with van der Waals surface area (Å²) in [6.45, 7) is 5.00. The van der Waals surface area contributed by atoms with Crippen LogP contribution >= 0.6 is 11.6 Å². The van der Waals surface area contributed by atoms with Crippen molar-refractivity contribution in [1.29, 1.82) is 0 Å². The van der Waals surface area contributed by atoms with Gasteiger partial charge >= 0.3 is 5.97 Å². The Morgan fingerprint density at radius 2 is 1.92 bits per heavy atom. The molecule has 0 heterocycles. The number of carbonyl (C=O) groups is 1. The van der Waals surface area contributed by atoms with Crippen molar-refractivity contribution in [3.05, 3.63) is 41.4 Å². The summed E-state index contributed by atoms with van der Waals surface area (Å²) < 4.78 is 0. The molecule has 0 atom stereocenters. The van der Waals surface area contributed by atoms with E-state index in [9.17, 15) is 4.79 Å². The molecule has 0 spiro atoms. The van der Waals surface area contributed by atoms with E-state index in [4.69, 9.17) is 28.5 Å². The van der Waals surface area contributed by atoms with E-state index >= 15 is 0 Å². The molecule has 0 aliphatic carbocycles. The number of benzene rings is 1. The molecule has 3 nitrogen and oxygen atoms in total. The average Bonchev–Trinajstić information content (AvgIpc) is 2.08. The first-order chi connectivity index (χ1) is 5.72. The van der Waals surface area contributed by atoms with E-state index in [2.05, 4.69) is 0 Å². The molecule has 0 radical (unpaired) electrons. The predicted octanol–water partition coefficient (Wildman–Crippen LogP) is 0.384. The summed E-state index contributed by atoms with van der Waals surface area (Å²) in [5.74, 6) is -0.995. The minimum atomic E-state index is -0.995. The smallest absolute Gasteiger partial charge is 0.337 e. The Morgan fingerprint density at radius 1 is 1.42 bits per heavy atom. The largest absolute Gasteiger partial charge is 0.478 e. The van der Waals surface area contributed by atoms with Crippen LogP contribution in [0.5, 0.6) is 0 Å². The summed E-state index contributed by atoms with van der Waals surface area (Å²) in [7, 11) is 0. The molecule has 0 saturated carbocycles. The van der Waals surface area contributed by atoms with Gasteiger partial charge in [-0.1, -0.05) is 23.7 Å². The van der Waals surface area contributed by atoms with Gasteiger partial charge in [0.05, 0.1) is 10.6 Å². The maximum Gasteiger partial charge on any atom is 0.337 e. The second kappa shape index (κ2) is 5.16. The van der Waals surface area contributed by atoms with Gasteiger partial charge < -0.3 is 10.4 Å². The molecule has 1 aromatic rings. The Balaban J connectivity index is 0.000000561. The van der Waals surface area contributed by atoms with Gasteiger partial charge in [-0.15, -0.1) is 0 Å². The fourth-order valence-electron chi connectivity index (χ4n) is 0.635. The lowest BCUT2D eigenvalue weighted by molar-refractivity contribution is -0.0997. The lowest BCUT2D eigenvalue weighted by atomic mass is 10.2. The van der Waals surface area contributed by atoms with Gasteiger partial charge in [0.15, 0.2) is 0 Å². The SMILES string of the molecule is O=C(O)c1ccccc1Cl.[C-]#[NH+]. The van der Waals surface area contributed by atoms with E-state index in [-0.39, 0.29) is 10.6 Å². The number of carboxylic acids is 1. The van der Waals surface area contributed by atoms with Crippen molar-refractivity contribution in [2.75, 3.05) is 0 Å². The first-order valence-electron chi connectivity index (χ1n) is 2.94. The highest BCUT2D eigenvalue weighted by molar-refractivity contribution is 6.33. The maximum atomic E-state index is 10.3.